The van der Waals surface area contributed by atoms with Crippen LogP contribution in [0.4, 0.5) is 0 Å². The Balaban J connectivity index is 1.43. The molecule has 0 unspecified atom stereocenters. The summed E-state index contributed by atoms with van der Waals surface area (Å²) < 4.78 is 33.3. The van der Waals surface area contributed by atoms with E-state index >= 15 is 0 Å². The lowest BCUT2D eigenvalue weighted by Crippen LogP contribution is -2.66. The van der Waals surface area contributed by atoms with Gasteiger partial charge >= 0.3 is 0 Å². The van der Waals surface area contributed by atoms with Crippen molar-refractivity contribution >= 4 is 14.2 Å². The molecular weight excluding hydrogens is 653 g/mol. The van der Waals surface area contributed by atoms with Crippen LogP contribution in [0.25, 0.3) is 0 Å². The van der Waals surface area contributed by atoms with Crippen molar-refractivity contribution in [3.8, 4) is 0 Å². The lowest BCUT2D eigenvalue weighted by molar-refractivity contribution is -0.157. The Morgan fingerprint density at radius 2 is 1.06 bits per heavy atom. The number of nitrogens with zero attached hydrogens (tertiary/aromatic N) is 1. The number of ether oxygens (including phenoxy) is 4. The molecule has 51 heavy (non-hydrogen) atoms. The normalized spacial score (nSPS) is 20.3. The summed E-state index contributed by atoms with van der Waals surface area (Å²) in [6.45, 7) is 14.8. The fourth-order valence-electron chi connectivity index (χ4n) is 5.73. The number of nitrogens with one attached hydrogen (secondary N) is 1. The van der Waals surface area contributed by atoms with Crippen LogP contribution in [0.2, 0.25) is 18.1 Å². The molecular formula is C43H56N2O5Si. The van der Waals surface area contributed by atoms with E-state index in [0.29, 0.717) is 46.2 Å². The lowest BCUT2D eigenvalue weighted by Gasteiger charge is -2.44. The SMILES string of the molecule is CC(C)(C)[Si](C)(C)OCCCN=C1N[C@H](COCc2ccccc2)[C@@H](OCc2ccccc2)[C@H](OCc2ccccc2)[C@@H]1OCc1ccccc1. The quantitative estimate of drug-likeness (QED) is 0.0824. The highest BCUT2D eigenvalue weighted by molar-refractivity contribution is 6.74. The van der Waals surface area contributed by atoms with Gasteiger partial charge in [-0.15, -0.1) is 0 Å². The number of hydrogen-bond donors (Lipinski definition) is 1. The second kappa shape index (κ2) is 19.3. The molecule has 1 fully saturated rings. The van der Waals surface area contributed by atoms with Crippen LogP contribution in [0.15, 0.2) is 126 Å². The smallest absolute Gasteiger partial charge is 0.191 e. The van der Waals surface area contributed by atoms with Crippen LogP contribution in [0.3, 0.4) is 0 Å². The Hall–Kier alpha value is -3.63. The first-order valence-corrected chi connectivity index (χ1v) is 21.1. The summed E-state index contributed by atoms with van der Waals surface area (Å²) in [5.41, 5.74) is 4.37. The Bertz CT molecular complexity index is 1580. The van der Waals surface area contributed by atoms with Gasteiger partial charge in [-0.3, -0.25) is 4.99 Å². The highest BCUT2D eigenvalue weighted by Gasteiger charge is 2.45. The third kappa shape index (κ3) is 12.0. The maximum absolute atomic E-state index is 6.86. The molecule has 0 spiro atoms. The monoisotopic (exact) mass is 708 g/mol. The molecule has 0 radical (unpaired) electrons. The van der Waals surface area contributed by atoms with Gasteiger partial charge in [-0.05, 0) is 46.8 Å². The van der Waals surface area contributed by atoms with Crippen LogP contribution in [-0.2, 0) is 49.8 Å². The zero-order valence-corrected chi connectivity index (χ0v) is 32.0. The summed E-state index contributed by atoms with van der Waals surface area (Å²) in [5, 5.41) is 3.89. The summed E-state index contributed by atoms with van der Waals surface area (Å²) in [7, 11) is -1.85. The third-order valence-electron chi connectivity index (χ3n) is 9.73. The van der Waals surface area contributed by atoms with Crippen LogP contribution in [-0.4, -0.2) is 58.3 Å². The highest BCUT2D eigenvalue weighted by Crippen LogP contribution is 2.36. The van der Waals surface area contributed by atoms with Crippen LogP contribution < -0.4 is 5.32 Å². The van der Waals surface area contributed by atoms with Crippen molar-refractivity contribution in [1.29, 1.82) is 0 Å². The van der Waals surface area contributed by atoms with Crippen molar-refractivity contribution in [3.63, 3.8) is 0 Å². The number of hydrogen-bond acceptors (Lipinski definition) is 6. The lowest BCUT2D eigenvalue weighted by atomic mass is 9.94. The molecule has 7 nitrogen and oxygen atoms in total. The molecule has 0 aliphatic carbocycles. The van der Waals surface area contributed by atoms with E-state index in [9.17, 15) is 0 Å². The minimum absolute atomic E-state index is 0.158. The van der Waals surface area contributed by atoms with Crippen molar-refractivity contribution in [2.75, 3.05) is 19.8 Å². The molecule has 1 heterocycles. The van der Waals surface area contributed by atoms with E-state index in [1.165, 1.54) is 0 Å². The molecule has 4 aromatic rings. The molecule has 0 saturated carbocycles. The second-order valence-corrected chi connectivity index (χ2v) is 19.5. The Morgan fingerprint density at radius 1 is 0.608 bits per heavy atom. The molecule has 1 aliphatic heterocycles. The van der Waals surface area contributed by atoms with Crippen molar-refractivity contribution in [2.45, 2.75) is 96.1 Å². The first kappa shape index (κ1) is 38.6. The van der Waals surface area contributed by atoms with Crippen LogP contribution in [0, 0.1) is 0 Å². The predicted octanol–water partition coefficient (Wildman–Crippen LogP) is 8.74. The standard InChI is InChI=1S/C43H56N2O5Si/c1-43(2,3)51(4,5)50-28-18-27-44-42-41(49-32-37-25-16-9-17-26-37)40(48-31-36-23-14-8-15-24-36)39(47-30-35-21-12-7-13-22-35)38(45-42)33-46-29-34-19-10-6-11-20-34/h6-17,19-26,38-41H,18,27-33H2,1-5H3,(H,44,45)/t38-,39-,40+,41+/m1/s1. The van der Waals surface area contributed by atoms with E-state index < -0.39 is 26.6 Å². The van der Waals surface area contributed by atoms with Crippen LogP contribution in [0.1, 0.15) is 49.4 Å². The van der Waals surface area contributed by atoms with Crippen molar-refractivity contribution in [2.24, 2.45) is 4.99 Å². The van der Waals surface area contributed by atoms with Crippen molar-refractivity contribution in [3.05, 3.63) is 144 Å². The first-order valence-electron chi connectivity index (χ1n) is 18.2. The summed E-state index contributed by atoms with van der Waals surface area (Å²) in [6, 6.07) is 40.7. The molecule has 4 aromatic carbocycles. The molecule has 8 heteroatoms. The summed E-state index contributed by atoms with van der Waals surface area (Å²) >= 11 is 0. The molecule has 0 amide bonds. The molecule has 1 N–H and O–H groups in total. The van der Waals surface area contributed by atoms with E-state index in [1.807, 2.05) is 72.8 Å². The molecule has 5 rings (SSSR count). The fourth-order valence-corrected chi connectivity index (χ4v) is 6.82. The van der Waals surface area contributed by atoms with Gasteiger partial charge in [-0.1, -0.05) is 142 Å². The van der Waals surface area contributed by atoms with Gasteiger partial charge in [0, 0.05) is 13.2 Å². The number of piperidine rings is 1. The van der Waals surface area contributed by atoms with Gasteiger partial charge in [0.1, 0.15) is 24.1 Å². The van der Waals surface area contributed by atoms with Gasteiger partial charge in [-0.2, -0.15) is 0 Å². The zero-order valence-electron chi connectivity index (χ0n) is 31.0. The molecule has 272 valence electrons. The average molecular weight is 709 g/mol. The topological polar surface area (TPSA) is 70.5 Å². The van der Waals surface area contributed by atoms with E-state index in [4.69, 9.17) is 28.4 Å². The second-order valence-electron chi connectivity index (χ2n) is 14.7. The molecule has 1 saturated heterocycles. The van der Waals surface area contributed by atoms with Crippen LogP contribution >= 0.6 is 0 Å². The molecule has 4 atom stereocenters. The predicted molar refractivity (Wildman–Crippen MR) is 208 cm³/mol. The largest absolute Gasteiger partial charge is 0.417 e. The Labute approximate surface area is 306 Å². The van der Waals surface area contributed by atoms with Gasteiger partial charge in [0.25, 0.3) is 0 Å². The molecule has 1 aliphatic rings. The van der Waals surface area contributed by atoms with Gasteiger partial charge in [0.2, 0.25) is 0 Å². The minimum Gasteiger partial charge on any atom is -0.417 e. The summed E-state index contributed by atoms with van der Waals surface area (Å²) in [5.74, 6) is 0.754. The highest BCUT2D eigenvalue weighted by atomic mass is 28.4. The average Bonchev–Trinajstić information content (AvgIpc) is 3.14. The molecule has 0 bridgehead atoms. The summed E-state index contributed by atoms with van der Waals surface area (Å²) in [4.78, 5) is 5.16. The maximum Gasteiger partial charge on any atom is 0.191 e. The van der Waals surface area contributed by atoms with E-state index in [1.54, 1.807) is 0 Å². The van der Waals surface area contributed by atoms with Crippen molar-refractivity contribution < 1.29 is 23.4 Å². The number of amidine groups is 1. The number of benzene rings is 4. The molecule has 0 aromatic heterocycles. The van der Waals surface area contributed by atoms with E-state index in [-0.39, 0.29) is 11.1 Å². The zero-order chi connectivity index (χ0) is 35.9. The van der Waals surface area contributed by atoms with Gasteiger partial charge in [-0.25, -0.2) is 0 Å². The first-order chi connectivity index (χ1) is 24.7. The van der Waals surface area contributed by atoms with Gasteiger partial charge in [0.15, 0.2) is 8.32 Å². The van der Waals surface area contributed by atoms with Gasteiger partial charge in [0.05, 0.1) is 39.1 Å². The maximum atomic E-state index is 6.86. The van der Waals surface area contributed by atoms with Crippen LogP contribution in [0.5, 0.6) is 0 Å². The van der Waals surface area contributed by atoms with Gasteiger partial charge < -0.3 is 28.7 Å². The van der Waals surface area contributed by atoms with E-state index in [0.717, 1.165) is 34.5 Å². The van der Waals surface area contributed by atoms with Crippen molar-refractivity contribution in [1.82, 2.24) is 5.32 Å². The number of rotatable bonds is 18. The fraction of sp³-hybridized carbons (Fsp3) is 0.419. The minimum atomic E-state index is -1.85. The van der Waals surface area contributed by atoms with E-state index in [2.05, 4.69) is 87.7 Å². The third-order valence-corrected chi connectivity index (χ3v) is 14.3. The number of aliphatic imine (C=N–C) groups is 1. The Kier molecular flexibility index (Phi) is 14.6. The summed E-state index contributed by atoms with van der Waals surface area (Å²) in [6.07, 6.45) is -0.555. The Morgan fingerprint density at radius 3 is 1.55 bits per heavy atom.